The lowest BCUT2D eigenvalue weighted by Gasteiger charge is -2.46. The Balaban J connectivity index is 2.12. The zero-order chi connectivity index (χ0) is 13.9. The molecule has 0 aromatic heterocycles. The van der Waals surface area contributed by atoms with Crippen LogP contribution in [0, 0.1) is 17.3 Å². The molecule has 0 aromatic rings. The van der Waals surface area contributed by atoms with Gasteiger partial charge in [-0.05, 0) is 32.3 Å². The van der Waals surface area contributed by atoms with Gasteiger partial charge in [-0.15, -0.1) is 0 Å². The fourth-order valence-electron chi connectivity index (χ4n) is 4.18. The largest absolute Gasteiger partial charge is 0.457 e. The van der Waals surface area contributed by atoms with E-state index in [1.165, 1.54) is 0 Å². The van der Waals surface area contributed by atoms with Gasteiger partial charge in [-0.3, -0.25) is 9.59 Å². The van der Waals surface area contributed by atoms with Crippen LogP contribution in [0.25, 0.3) is 0 Å². The Morgan fingerprint density at radius 1 is 1.32 bits per heavy atom. The number of ketones is 1. The summed E-state index contributed by atoms with van der Waals surface area (Å²) in [5, 5.41) is 10.4. The van der Waals surface area contributed by atoms with Crippen molar-refractivity contribution in [1.82, 2.24) is 0 Å². The first-order valence-electron chi connectivity index (χ1n) is 6.98. The summed E-state index contributed by atoms with van der Waals surface area (Å²) in [4.78, 5) is 24.1. The quantitative estimate of drug-likeness (QED) is 0.533. The number of esters is 1. The number of Topliss-reactive ketones (excluding diaryl/α,β-unsaturated/α-hetero) is 1. The number of aliphatic hydroxyl groups is 1. The van der Waals surface area contributed by atoms with Gasteiger partial charge in [0.05, 0.1) is 17.4 Å². The van der Waals surface area contributed by atoms with Crippen LogP contribution in [-0.4, -0.2) is 29.1 Å². The third-order valence-electron chi connectivity index (χ3n) is 5.28. The molecule has 1 saturated carbocycles. The molecule has 0 bridgehead atoms. The Bertz CT molecular complexity index is 492. The molecule has 1 N–H and O–H groups in total. The van der Waals surface area contributed by atoms with Crippen LogP contribution in [0.3, 0.4) is 0 Å². The van der Waals surface area contributed by atoms with E-state index in [1.807, 2.05) is 13.8 Å². The number of hydrogen-bond acceptors (Lipinski definition) is 4. The van der Waals surface area contributed by atoms with Crippen molar-refractivity contribution in [2.24, 2.45) is 17.3 Å². The van der Waals surface area contributed by atoms with Gasteiger partial charge in [0.1, 0.15) is 11.9 Å². The first-order valence-corrected chi connectivity index (χ1v) is 6.98. The smallest absolute Gasteiger partial charge is 0.309 e. The topological polar surface area (TPSA) is 63.6 Å². The van der Waals surface area contributed by atoms with Gasteiger partial charge >= 0.3 is 5.97 Å². The SMILES string of the molecule is CC1=C2[C@H]3OC(=O)[C@@H](C)[C@@H]3[C@@H](O)CC2(C)C(=O)CC1. The Labute approximate surface area is 112 Å². The van der Waals surface area contributed by atoms with Crippen LogP contribution in [-0.2, 0) is 14.3 Å². The predicted octanol–water partition coefficient (Wildman–Crippen LogP) is 1.61. The summed E-state index contributed by atoms with van der Waals surface area (Å²) in [5.74, 6) is -0.573. The van der Waals surface area contributed by atoms with Crippen LogP contribution >= 0.6 is 0 Å². The molecule has 2 fully saturated rings. The number of ether oxygens (including phenoxy) is 1. The van der Waals surface area contributed by atoms with Crippen molar-refractivity contribution >= 4 is 11.8 Å². The van der Waals surface area contributed by atoms with Crippen LogP contribution in [0.15, 0.2) is 11.1 Å². The van der Waals surface area contributed by atoms with Gasteiger partial charge in [-0.25, -0.2) is 0 Å². The molecule has 0 spiro atoms. The van der Waals surface area contributed by atoms with Crippen molar-refractivity contribution in [3.63, 3.8) is 0 Å². The molecule has 0 radical (unpaired) electrons. The Morgan fingerprint density at radius 2 is 2.00 bits per heavy atom. The number of rotatable bonds is 0. The number of fused-ring (bicyclic) bond motifs is 3. The van der Waals surface area contributed by atoms with Gasteiger partial charge in [-0.2, -0.15) is 0 Å². The lowest BCUT2D eigenvalue weighted by atomic mass is 9.58. The zero-order valence-corrected chi connectivity index (χ0v) is 11.6. The van der Waals surface area contributed by atoms with Crippen LogP contribution < -0.4 is 0 Å². The highest BCUT2D eigenvalue weighted by molar-refractivity contribution is 5.90. The lowest BCUT2D eigenvalue weighted by molar-refractivity contribution is -0.145. The summed E-state index contributed by atoms with van der Waals surface area (Å²) in [7, 11) is 0. The standard InChI is InChI=1S/C15H20O4/c1-7-4-5-10(17)15(3)6-9(16)11-8(2)14(18)19-13(11)12(7)15/h8-9,11,13,16H,4-6H2,1-3H3/t8-,9-,11+,13-,15?/m0/s1. The minimum Gasteiger partial charge on any atom is -0.457 e. The van der Waals surface area contributed by atoms with Crippen molar-refractivity contribution in [2.45, 2.75) is 52.2 Å². The summed E-state index contributed by atoms with van der Waals surface area (Å²) in [5.41, 5.74) is 1.48. The van der Waals surface area contributed by atoms with E-state index in [-0.39, 0.29) is 23.6 Å². The maximum Gasteiger partial charge on any atom is 0.309 e. The second-order valence-corrected chi connectivity index (χ2v) is 6.44. The fourth-order valence-corrected chi connectivity index (χ4v) is 4.18. The first-order chi connectivity index (χ1) is 8.86. The molecular weight excluding hydrogens is 244 g/mol. The van der Waals surface area contributed by atoms with Crippen molar-refractivity contribution in [2.75, 3.05) is 0 Å². The molecule has 1 unspecified atom stereocenters. The Morgan fingerprint density at radius 3 is 2.68 bits per heavy atom. The lowest BCUT2D eigenvalue weighted by Crippen LogP contribution is -2.51. The predicted molar refractivity (Wildman–Crippen MR) is 68.2 cm³/mol. The molecule has 1 saturated heterocycles. The molecule has 4 nitrogen and oxygen atoms in total. The highest BCUT2D eigenvalue weighted by atomic mass is 16.6. The summed E-state index contributed by atoms with van der Waals surface area (Å²) in [6.45, 7) is 5.72. The van der Waals surface area contributed by atoms with E-state index in [0.29, 0.717) is 12.8 Å². The minimum atomic E-state index is -0.646. The molecule has 3 aliphatic rings. The summed E-state index contributed by atoms with van der Waals surface area (Å²) in [6.07, 6.45) is 0.644. The van der Waals surface area contributed by atoms with Crippen molar-refractivity contribution < 1.29 is 19.4 Å². The van der Waals surface area contributed by atoms with Gasteiger partial charge < -0.3 is 9.84 Å². The van der Waals surface area contributed by atoms with Crippen molar-refractivity contribution in [3.8, 4) is 0 Å². The summed E-state index contributed by atoms with van der Waals surface area (Å²) < 4.78 is 5.49. The monoisotopic (exact) mass is 264 g/mol. The molecule has 0 amide bonds. The fraction of sp³-hybridized carbons (Fsp3) is 0.733. The second kappa shape index (κ2) is 3.92. The maximum atomic E-state index is 12.3. The average molecular weight is 264 g/mol. The van der Waals surface area contributed by atoms with Gasteiger partial charge in [0, 0.05) is 12.3 Å². The van der Waals surface area contributed by atoms with E-state index in [0.717, 1.165) is 17.6 Å². The van der Waals surface area contributed by atoms with E-state index in [1.54, 1.807) is 6.92 Å². The Hall–Kier alpha value is -1.16. The van der Waals surface area contributed by atoms with Gasteiger partial charge in [0.25, 0.3) is 0 Å². The highest BCUT2D eigenvalue weighted by Gasteiger charge is 2.59. The van der Waals surface area contributed by atoms with Crippen molar-refractivity contribution in [3.05, 3.63) is 11.1 Å². The van der Waals surface area contributed by atoms with Gasteiger partial charge in [0.15, 0.2) is 0 Å². The normalized spacial score (nSPS) is 45.9. The van der Waals surface area contributed by atoms with Gasteiger partial charge in [-0.1, -0.05) is 12.5 Å². The molecule has 104 valence electrons. The third kappa shape index (κ3) is 1.55. The summed E-state index contributed by atoms with van der Waals surface area (Å²) >= 11 is 0. The average Bonchev–Trinajstić information content (AvgIpc) is 2.61. The molecule has 19 heavy (non-hydrogen) atoms. The Kier molecular flexibility index (Phi) is 2.65. The van der Waals surface area contributed by atoms with Crippen molar-refractivity contribution in [1.29, 1.82) is 0 Å². The molecule has 2 aliphatic carbocycles. The molecule has 1 aliphatic heterocycles. The maximum absolute atomic E-state index is 12.3. The van der Waals surface area contributed by atoms with E-state index >= 15 is 0 Å². The van der Waals surface area contributed by atoms with E-state index < -0.39 is 17.6 Å². The number of aliphatic hydroxyl groups excluding tert-OH is 1. The van der Waals surface area contributed by atoms with E-state index in [9.17, 15) is 14.7 Å². The van der Waals surface area contributed by atoms with E-state index in [4.69, 9.17) is 4.74 Å². The molecule has 0 aromatic carbocycles. The van der Waals surface area contributed by atoms with Crippen LogP contribution in [0.2, 0.25) is 0 Å². The molecule has 1 heterocycles. The third-order valence-corrected chi connectivity index (χ3v) is 5.28. The molecule has 4 heteroatoms. The first kappa shape index (κ1) is 12.9. The molecule has 5 atom stereocenters. The highest BCUT2D eigenvalue weighted by Crippen LogP contribution is 2.54. The molecule has 3 rings (SSSR count). The number of allylic oxidation sites excluding steroid dienone is 1. The minimum absolute atomic E-state index is 0.168. The van der Waals surface area contributed by atoms with Crippen LogP contribution in [0.4, 0.5) is 0 Å². The zero-order valence-electron chi connectivity index (χ0n) is 11.6. The summed E-state index contributed by atoms with van der Waals surface area (Å²) in [6, 6.07) is 0. The molecular formula is C15H20O4. The van der Waals surface area contributed by atoms with E-state index in [2.05, 4.69) is 0 Å². The number of hydrogen-bond donors (Lipinski definition) is 1. The number of carbonyl (C=O) groups excluding carboxylic acids is 2. The number of carbonyl (C=O) groups is 2. The van der Waals surface area contributed by atoms with Crippen LogP contribution in [0.1, 0.15) is 40.0 Å². The van der Waals surface area contributed by atoms with Gasteiger partial charge in [0.2, 0.25) is 0 Å². The van der Waals surface area contributed by atoms with Crippen LogP contribution in [0.5, 0.6) is 0 Å². The second-order valence-electron chi connectivity index (χ2n) is 6.44.